The molecule has 4 rings (SSSR count). The Labute approximate surface area is 229 Å². The Morgan fingerprint density at radius 3 is 2.26 bits per heavy atom. The molecule has 2 aromatic heterocycles. The second-order valence-corrected chi connectivity index (χ2v) is 10.7. The third kappa shape index (κ3) is 6.34. The monoisotopic (exact) mass is 613 g/mol. The van der Waals surface area contributed by atoms with E-state index in [1.807, 2.05) is 4.90 Å². The molecular formula is C24H27BrF3N7O4. The Hall–Kier alpha value is -3.62. The lowest BCUT2D eigenvalue weighted by Crippen LogP contribution is -2.51. The number of aromatic nitrogens is 4. The summed E-state index contributed by atoms with van der Waals surface area (Å²) in [4.78, 5) is 46.4. The maximum absolute atomic E-state index is 13.4. The molecular weight excluding hydrogens is 587 g/mol. The topological polar surface area (TPSA) is 114 Å². The number of ether oxygens (including phenoxy) is 1. The largest absolute Gasteiger partial charge is 0.444 e. The van der Waals surface area contributed by atoms with Crippen LogP contribution in [0.3, 0.4) is 0 Å². The van der Waals surface area contributed by atoms with Gasteiger partial charge in [0.25, 0.3) is 5.56 Å². The zero-order valence-electron chi connectivity index (χ0n) is 21.7. The molecule has 1 fully saturated rings. The molecule has 3 aromatic rings. The van der Waals surface area contributed by atoms with Crippen molar-refractivity contribution < 1.29 is 27.5 Å². The van der Waals surface area contributed by atoms with Gasteiger partial charge in [-0.25, -0.2) is 4.79 Å². The highest BCUT2D eigenvalue weighted by Crippen LogP contribution is 2.30. The molecule has 1 saturated heterocycles. The van der Waals surface area contributed by atoms with Gasteiger partial charge in [0.05, 0.1) is 5.56 Å². The molecule has 0 spiro atoms. The molecule has 1 aliphatic rings. The second kappa shape index (κ2) is 10.5. The summed E-state index contributed by atoms with van der Waals surface area (Å²) in [6, 6.07) is 4.09. The van der Waals surface area contributed by atoms with Gasteiger partial charge in [0.1, 0.15) is 17.8 Å². The number of piperazine rings is 1. The molecule has 0 bridgehead atoms. The molecule has 0 radical (unpaired) electrons. The fourth-order valence-electron chi connectivity index (χ4n) is 4.20. The summed E-state index contributed by atoms with van der Waals surface area (Å²) in [5, 5.41) is 6.69. The molecule has 0 unspecified atom stereocenters. The molecule has 15 heteroatoms. The van der Waals surface area contributed by atoms with E-state index in [1.54, 1.807) is 32.6 Å². The minimum absolute atomic E-state index is 0.114. The zero-order chi connectivity index (χ0) is 28.7. The van der Waals surface area contributed by atoms with Crippen LogP contribution in [0.1, 0.15) is 32.0 Å². The number of rotatable bonds is 4. The Kier molecular flexibility index (Phi) is 7.65. The van der Waals surface area contributed by atoms with Gasteiger partial charge in [-0.15, -0.1) is 5.10 Å². The summed E-state index contributed by atoms with van der Waals surface area (Å²) in [6.45, 7) is 8.06. The summed E-state index contributed by atoms with van der Waals surface area (Å²) in [5.74, 6) is -0.425. The summed E-state index contributed by atoms with van der Waals surface area (Å²) in [6.07, 6.45) is -4.93. The van der Waals surface area contributed by atoms with Crippen LogP contribution in [-0.2, 0) is 22.3 Å². The summed E-state index contributed by atoms with van der Waals surface area (Å²) >= 11 is 3.17. The van der Waals surface area contributed by atoms with Gasteiger partial charge in [0.2, 0.25) is 16.4 Å². The summed E-state index contributed by atoms with van der Waals surface area (Å²) < 4.78 is 46.7. The van der Waals surface area contributed by atoms with Crippen molar-refractivity contribution in [1.82, 2.24) is 24.1 Å². The number of halogens is 4. The summed E-state index contributed by atoms with van der Waals surface area (Å²) in [5.41, 5.74) is -0.977. The molecule has 0 aliphatic carbocycles. The van der Waals surface area contributed by atoms with Crippen molar-refractivity contribution in [2.24, 2.45) is 0 Å². The Morgan fingerprint density at radius 2 is 1.69 bits per heavy atom. The molecule has 1 N–H and O–H groups in total. The Morgan fingerprint density at radius 1 is 1.08 bits per heavy atom. The van der Waals surface area contributed by atoms with Crippen LogP contribution < -0.4 is 15.8 Å². The van der Waals surface area contributed by atoms with Gasteiger partial charge in [-0.2, -0.15) is 22.7 Å². The van der Waals surface area contributed by atoms with E-state index in [9.17, 15) is 27.6 Å². The van der Waals surface area contributed by atoms with Gasteiger partial charge < -0.3 is 24.4 Å². The number of anilines is 2. The van der Waals surface area contributed by atoms with Gasteiger partial charge >= 0.3 is 12.3 Å². The number of carbonyl (C=O) groups is 2. The number of nitrogens with one attached hydrogen (secondary N) is 1. The number of hydrogen-bond donors (Lipinski definition) is 1. The second-order valence-electron chi connectivity index (χ2n) is 10.00. The number of fused-ring (bicyclic) bond motifs is 1. The minimum atomic E-state index is -4.49. The molecule has 2 amide bonds. The van der Waals surface area contributed by atoms with E-state index in [1.165, 1.54) is 4.57 Å². The number of carbonyl (C=O) groups excluding carboxylic acids is 2. The first kappa shape index (κ1) is 28.4. The Bertz CT molecular complexity index is 1450. The zero-order valence-corrected chi connectivity index (χ0v) is 23.3. The quantitative estimate of drug-likeness (QED) is 0.477. The highest BCUT2D eigenvalue weighted by molar-refractivity contribution is 9.10. The number of alkyl halides is 3. The molecule has 1 aliphatic heterocycles. The molecule has 39 heavy (non-hydrogen) atoms. The maximum Gasteiger partial charge on any atom is 0.416 e. The van der Waals surface area contributed by atoms with Crippen molar-refractivity contribution in [2.45, 2.75) is 46.0 Å². The SMILES string of the molecule is Cc1c(N2CCN(C(=O)OC(C)(C)C)CC2)c(=O)n2nc(Br)nc2n1CC(=O)Nc1ccc(C(F)(F)F)cc1. The highest BCUT2D eigenvalue weighted by Gasteiger charge is 2.31. The number of amides is 2. The van der Waals surface area contributed by atoms with E-state index in [0.717, 1.165) is 28.8 Å². The van der Waals surface area contributed by atoms with E-state index in [4.69, 9.17) is 4.74 Å². The predicted octanol–water partition coefficient (Wildman–Crippen LogP) is 3.68. The normalized spacial score (nSPS) is 14.6. The van der Waals surface area contributed by atoms with E-state index in [2.05, 4.69) is 31.3 Å². The number of hydrogen-bond acceptors (Lipinski definition) is 7. The van der Waals surface area contributed by atoms with Gasteiger partial charge in [-0.1, -0.05) is 0 Å². The molecule has 1 aromatic carbocycles. The van der Waals surface area contributed by atoms with Crippen LogP contribution in [0.2, 0.25) is 0 Å². The predicted molar refractivity (Wildman–Crippen MR) is 140 cm³/mol. The first-order valence-corrected chi connectivity index (χ1v) is 12.8. The van der Waals surface area contributed by atoms with Gasteiger partial charge in [-0.3, -0.25) is 9.59 Å². The fourth-order valence-corrected chi connectivity index (χ4v) is 4.52. The van der Waals surface area contributed by atoms with E-state index in [-0.39, 0.29) is 22.7 Å². The van der Waals surface area contributed by atoms with E-state index < -0.39 is 34.9 Å². The first-order chi connectivity index (χ1) is 18.1. The molecule has 3 heterocycles. The van der Waals surface area contributed by atoms with Gasteiger partial charge in [0.15, 0.2) is 0 Å². The van der Waals surface area contributed by atoms with Crippen LogP contribution in [0.15, 0.2) is 33.8 Å². The average Bonchev–Trinajstić information content (AvgIpc) is 3.23. The van der Waals surface area contributed by atoms with Crippen molar-refractivity contribution in [3.63, 3.8) is 0 Å². The lowest BCUT2D eigenvalue weighted by Gasteiger charge is -2.37. The molecule has 0 atom stereocenters. The van der Waals surface area contributed by atoms with Crippen molar-refractivity contribution in [3.8, 4) is 0 Å². The molecule has 210 valence electrons. The van der Waals surface area contributed by atoms with Crippen LogP contribution in [0.4, 0.5) is 29.3 Å². The van der Waals surface area contributed by atoms with Crippen molar-refractivity contribution in [2.75, 3.05) is 36.4 Å². The first-order valence-electron chi connectivity index (χ1n) is 12.0. The lowest BCUT2D eigenvalue weighted by atomic mass is 10.2. The van der Waals surface area contributed by atoms with E-state index >= 15 is 0 Å². The lowest BCUT2D eigenvalue weighted by molar-refractivity contribution is -0.137. The van der Waals surface area contributed by atoms with Crippen molar-refractivity contribution >= 4 is 45.1 Å². The summed E-state index contributed by atoms with van der Waals surface area (Å²) in [7, 11) is 0. The minimum Gasteiger partial charge on any atom is -0.444 e. The molecule has 11 nitrogen and oxygen atoms in total. The third-order valence-electron chi connectivity index (χ3n) is 5.99. The maximum atomic E-state index is 13.4. The van der Waals surface area contributed by atoms with Gasteiger partial charge in [0, 0.05) is 37.6 Å². The molecule has 0 saturated carbocycles. The smallest absolute Gasteiger partial charge is 0.416 e. The van der Waals surface area contributed by atoms with Gasteiger partial charge in [-0.05, 0) is 67.9 Å². The van der Waals surface area contributed by atoms with Crippen LogP contribution >= 0.6 is 15.9 Å². The van der Waals surface area contributed by atoms with Crippen LogP contribution in [0.5, 0.6) is 0 Å². The van der Waals surface area contributed by atoms with Crippen molar-refractivity contribution in [3.05, 3.63) is 50.6 Å². The van der Waals surface area contributed by atoms with E-state index in [0.29, 0.717) is 37.6 Å². The van der Waals surface area contributed by atoms with Crippen molar-refractivity contribution in [1.29, 1.82) is 0 Å². The standard InChI is InChI=1S/C24H27BrF3N7O4/c1-14-18(32-9-11-33(12-10-32)22(38)39-23(2,3)4)19(37)35-21(30-20(25)31-35)34(14)13-17(36)29-16-7-5-15(6-8-16)24(26,27)28/h5-8H,9-13H2,1-4H3,(H,29,36). The van der Waals surface area contributed by atoms with Crippen LogP contribution in [-0.4, -0.2) is 67.8 Å². The van der Waals surface area contributed by atoms with Crippen LogP contribution in [0, 0.1) is 6.92 Å². The highest BCUT2D eigenvalue weighted by atomic mass is 79.9. The van der Waals surface area contributed by atoms with Crippen LogP contribution in [0.25, 0.3) is 5.78 Å². The fraction of sp³-hybridized carbons (Fsp3) is 0.458. The average molecular weight is 614 g/mol. The third-order valence-corrected chi connectivity index (χ3v) is 6.33. The number of nitrogens with zero attached hydrogens (tertiary/aromatic N) is 6. The Balaban J connectivity index is 1.58. The number of benzene rings is 1.